The van der Waals surface area contributed by atoms with Crippen molar-refractivity contribution in [1.29, 1.82) is 0 Å². The Hall–Kier alpha value is -8.20. The minimum absolute atomic E-state index is 0.103. The van der Waals surface area contributed by atoms with Gasteiger partial charge in [-0.1, -0.05) is 6.07 Å². The topological polar surface area (TPSA) is 372 Å². The number of phenolic OH excluding ortho intramolecular Hbond substituents is 14. The number of benzene rings is 6. The van der Waals surface area contributed by atoms with E-state index in [4.69, 9.17) is 14.2 Å². The van der Waals surface area contributed by atoms with E-state index in [9.17, 15) is 86.8 Å². The standard InChI is InChI=1S/C45H38O20/c46-16-8-21(50)31-30(9-16)63-42(14-4-25(54)37(59)26(55)5-14)39(61)35(31)33-23(52)12-24(53)34-36(40(62)43(65-45(33)34)15-6-27(56)38(60)28(57)7-15)32-22(51)11-19(48)17-10-29(58)41(64-44(17)32)13-1-2-18(47)20(49)3-13/h1-9,11-12,29,35-36,39-43,46-62H,10H2/t29-,35+,36-,39+,40+,41+,42-,43-/m1/s1. The molecule has 65 heavy (non-hydrogen) atoms. The molecule has 0 fully saturated rings. The van der Waals surface area contributed by atoms with Gasteiger partial charge in [-0.15, -0.1) is 0 Å². The van der Waals surface area contributed by atoms with Gasteiger partial charge in [-0.25, -0.2) is 0 Å². The van der Waals surface area contributed by atoms with Gasteiger partial charge in [0.1, 0.15) is 70.1 Å². The lowest BCUT2D eigenvalue weighted by atomic mass is 9.73. The highest BCUT2D eigenvalue weighted by Gasteiger charge is 2.51. The van der Waals surface area contributed by atoms with Crippen molar-refractivity contribution < 1.29 is 101 Å². The van der Waals surface area contributed by atoms with Crippen molar-refractivity contribution in [1.82, 2.24) is 0 Å². The van der Waals surface area contributed by atoms with Crippen molar-refractivity contribution in [2.45, 2.75) is 54.9 Å². The summed E-state index contributed by atoms with van der Waals surface area (Å²) in [6, 6.07) is 10.7. The van der Waals surface area contributed by atoms with Crippen LogP contribution in [-0.4, -0.2) is 105 Å². The molecule has 0 spiro atoms. The van der Waals surface area contributed by atoms with Gasteiger partial charge >= 0.3 is 0 Å². The summed E-state index contributed by atoms with van der Waals surface area (Å²) in [4.78, 5) is 0. The Morgan fingerprint density at radius 1 is 0.369 bits per heavy atom. The first-order chi connectivity index (χ1) is 30.7. The third kappa shape index (κ3) is 6.57. The number of hydrogen-bond acceptors (Lipinski definition) is 20. The van der Waals surface area contributed by atoms with Crippen LogP contribution in [0.15, 0.2) is 66.7 Å². The minimum Gasteiger partial charge on any atom is -0.508 e. The normalized spacial score (nSPS) is 23.2. The number of fused-ring (bicyclic) bond motifs is 3. The summed E-state index contributed by atoms with van der Waals surface area (Å²) in [5.74, 6) is -15.7. The number of rotatable bonds is 5. The molecule has 0 saturated heterocycles. The first-order valence-corrected chi connectivity index (χ1v) is 19.5. The highest BCUT2D eigenvalue weighted by atomic mass is 16.5. The van der Waals surface area contributed by atoms with Gasteiger partial charge in [-0.2, -0.15) is 0 Å². The molecule has 6 aromatic rings. The predicted molar refractivity (Wildman–Crippen MR) is 217 cm³/mol. The molecule has 0 aromatic heterocycles. The van der Waals surface area contributed by atoms with Crippen LogP contribution in [0.25, 0.3) is 0 Å². The maximum atomic E-state index is 12.5. The molecule has 8 atom stereocenters. The third-order valence-corrected chi connectivity index (χ3v) is 12.0. The van der Waals surface area contributed by atoms with Gasteiger partial charge < -0.3 is 101 Å². The molecule has 3 aliphatic heterocycles. The van der Waals surface area contributed by atoms with E-state index >= 15 is 0 Å². The number of phenols is 14. The van der Waals surface area contributed by atoms with Crippen LogP contribution in [0.5, 0.6) is 97.7 Å². The van der Waals surface area contributed by atoms with E-state index in [0.29, 0.717) is 0 Å². The second-order valence-corrected chi connectivity index (χ2v) is 16.0. The molecule has 17 N–H and O–H groups in total. The van der Waals surface area contributed by atoms with Gasteiger partial charge in [0.25, 0.3) is 0 Å². The van der Waals surface area contributed by atoms with Crippen molar-refractivity contribution >= 4 is 0 Å². The average Bonchev–Trinajstić information content (AvgIpc) is 3.23. The van der Waals surface area contributed by atoms with Crippen molar-refractivity contribution in [2.75, 3.05) is 0 Å². The monoisotopic (exact) mass is 898 g/mol. The molecular formula is C45H38O20. The summed E-state index contributed by atoms with van der Waals surface area (Å²) >= 11 is 0. The molecule has 0 radical (unpaired) electrons. The van der Waals surface area contributed by atoms with Crippen LogP contribution in [0.3, 0.4) is 0 Å². The molecule has 3 heterocycles. The summed E-state index contributed by atoms with van der Waals surface area (Å²) in [6.45, 7) is 0. The van der Waals surface area contributed by atoms with Crippen molar-refractivity contribution in [3.63, 3.8) is 0 Å². The maximum absolute atomic E-state index is 12.5. The molecular weight excluding hydrogens is 860 g/mol. The molecule has 0 aliphatic carbocycles. The number of ether oxygens (including phenoxy) is 3. The molecule has 20 heteroatoms. The highest BCUT2D eigenvalue weighted by Crippen LogP contribution is 2.62. The Balaban J connectivity index is 1.32. The second-order valence-electron chi connectivity index (χ2n) is 16.0. The fraction of sp³-hybridized carbons (Fsp3) is 0.200. The van der Waals surface area contributed by atoms with Crippen LogP contribution in [0, 0.1) is 0 Å². The number of aromatic hydroxyl groups is 14. The van der Waals surface area contributed by atoms with E-state index < -0.39 is 151 Å². The average molecular weight is 899 g/mol. The van der Waals surface area contributed by atoms with Gasteiger partial charge in [0, 0.05) is 69.6 Å². The minimum atomic E-state index is -2.05. The third-order valence-electron chi connectivity index (χ3n) is 12.0. The van der Waals surface area contributed by atoms with E-state index in [0.717, 1.165) is 60.7 Å². The SMILES string of the molecule is Oc1cc(O)c2c(c1)O[C@H](c1cc(O)c(O)c(O)c1)[C@@H](O)[C@@H]2c1c(O)cc(O)c2c1O[C@H](c1cc(O)c(O)c(O)c1)[C@@H](O)[C@@H]2c1c(O)cc(O)c2c1O[C@@H](c1ccc(O)c(O)c1)[C@H](O)C2. The number of aliphatic hydroxyl groups excluding tert-OH is 3. The molecule has 0 amide bonds. The van der Waals surface area contributed by atoms with Gasteiger partial charge in [0.15, 0.2) is 58.2 Å². The smallest absolute Gasteiger partial charge is 0.200 e. The fourth-order valence-electron chi connectivity index (χ4n) is 9.08. The van der Waals surface area contributed by atoms with E-state index in [-0.39, 0.29) is 45.7 Å². The van der Waals surface area contributed by atoms with Crippen LogP contribution < -0.4 is 14.2 Å². The summed E-state index contributed by atoms with van der Waals surface area (Å²) in [5.41, 5.74) is -2.13. The summed E-state index contributed by atoms with van der Waals surface area (Å²) in [5, 5.41) is 188. The Morgan fingerprint density at radius 3 is 1.35 bits per heavy atom. The van der Waals surface area contributed by atoms with E-state index in [2.05, 4.69) is 0 Å². The molecule has 338 valence electrons. The van der Waals surface area contributed by atoms with Crippen molar-refractivity contribution in [2.24, 2.45) is 0 Å². The Morgan fingerprint density at radius 2 is 0.815 bits per heavy atom. The maximum Gasteiger partial charge on any atom is 0.200 e. The molecule has 6 aromatic carbocycles. The lowest BCUT2D eigenvalue weighted by molar-refractivity contribution is -0.00570. The predicted octanol–water partition coefficient (Wildman–Crippen LogP) is 3.86. The molecule has 0 saturated carbocycles. The van der Waals surface area contributed by atoms with Gasteiger partial charge in [0.05, 0.1) is 17.9 Å². The Labute approximate surface area is 364 Å². The first kappa shape index (κ1) is 42.1. The zero-order chi connectivity index (χ0) is 46.7. The largest absolute Gasteiger partial charge is 0.508 e. The Kier molecular flexibility index (Phi) is 9.70. The molecule has 9 rings (SSSR count). The van der Waals surface area contributed by atoms with Crippen molar-refractivity contribution in [3.8, 4) is 97.7 Å². The van der Waals surface area contributed by atoms with Crippen LogP contribution >= 0.6 is 0 Å². The Bertz CT molecular complexity index is 2900. The van der Waals surface area contributed by atoms with Crippen LogP contribution in [0.1, 0.15) is 74.7 Å². The van der Waals surface area contributed by atoms with E-state index in [1.807, 2.05) is 0 Å². The second kappa shape index (κ2) is 15.0. The first-order valence-electron chi connectivity index (χ1n) is 19.5. The summed E-state index contributed by atoms with van der Waals surface area (Å²) < 4.78 is 18.7. The summed E-state index contributed by atoms with van der Waals surface area (Å²) in [7, 11) is 0. The molecule has 3 aliphatic rings. The lowest BCUT2D eigenvalue weighted by Crippen LogP contribution is -2.39. The molecule has 0 unspecified atom stereocenters. The van der Waals surface area contributed by atoms with Gasteiger partial charge in [0.2, 0.25) is 0 Å². The number of hydrogen-bond donors (Lipinski definition) is 17. The van der Waals surface area contributed by atoms with E-state index in [1.54, 1.807) is 0 Å². The van der Waals surface area contributed by atoms with Crippen molar-refractivity contribution in [3.05, 3.63) is 111 Å². The van der Waals surface area contributed by atoms with E-state index in [1.165, 1.54) is 6.07 Å². The zero-order valence-electron chi connectivity index (χ0n) is 33.0. The number of aliphatic hydroxyl groups is 3. The molecule has 20 nitrogen and oxygen atoms in total. The van der Waals surface area contributed by atoms with Crippen LogP contribution in [0.4, 0.5) is 0 Å². The lowest BCUT2D eigenvalue weighted by Gasteiger charge is -2.43. The highest BCUT2D eigenvalue weighted by molar-refractivity contribution is 5.71. The van der Waals surface area contributed by atoms with Crippen LogP contribution in [0.2, 0.25) is 0 Å². The zero-order valence-corrected chi connectivity index (χ0v) is 33.0. The molecule has 0 bridgehead atoms. The quantitative estimate of drug-likeness (QED) is 0.109. The fourth-order valence-corrected chi connectivity index (χ4v) is 9.08. The summed E-state index contributed by atoms with van der Waals surface area (Å²) in [6.07, 6.45) is -10.8. The van der Waals surface area contributed by atoms with Gasteiger partial charge in [-0.3, -0.25) is 0 Å². The van der Waals surface area contributed by atoms with Gasteiger partial charge in [-0.05, 0) is 42.0 Å². The van der Waals surface area contributed by atoms with Crippen LogP contribution in [-0.2, 0) is 6.42 Å².